The molecule has 0 fully saturated rings. The molecular formula is C14H25N3O3. The Hall–Kier alpha value is -1.27. The molecule has 2 heterocycles. The van der Waals surface area contributed by atoms with Gasteiger partial charge in [-0.1, -0.05) is 0 Å². The molecule has 0 spiro atoms. The van der Waals surface area contributed by atoms with Crippen molar-refractivity contribution in [3.8, 4) is 0 Å². The molecule has 114 valence electrons. The van der Waals surface area contributed by atoms with Gasteiger partial charge in [0, 0.05) is 12.2 Å². The predicted octanol–water partition coefficient (Wildman–Crippen LogP) is 1.13. The molecule has 0 aromatic rings. The van der Waals surface area contributed by atoms with E-state index in [4.69, 9.17) is 4.74 Å². The van der Waals surface area contributed by atoms with E-state index >= 15 is 0 Å². The molecule has 1 atom stereocenters. The average Bonchev–Trinajstić information content (AvgIpc) is 2.68. The van der Waals surface area contributed by atoms with Crippen molar-refractivity contribution in [2.45, 2.75) is 58.3 Å². The maximum Gasteiger partial charge on any atom is 0.410 e. The zero-order valence-corrected chi connectivity index (χ0v) is 12.9. The molecular weight excluding hydrogens is 258 g/mol. The summed E-state index contributed by atoms with van der Waals surface area (Å²) in [4.78, 5) is 13.8. The Labute approximate surface area is 120 Å². The third kappa shape index (κ3) is 3.24. The summed E-state index contributed by atoms with van der Waals surface area (Å²) < 4.78 is 5.39. The number of carbonyl (C=O) groups is 1. The molecule has 2 rings (SSSR count). The molecule has 3 N–H and O–H groups in total. The largest absolute Gasteiger partial charge is 0.444 e. The van der Waals surface area contributed by atoms with Gasteiger partial charge in [0.1, 0.15) is 5.60 Å². The number of ether oxygens (including phenoxy) is 1. The number of hydrazine groups is 1. The Bertz CT molecular complexity index is 432. The third-order valence-electron chi connectivity index (χ3n) is 3.46. The predicted molar refractivity (Wildman–Crippen MR) is 75.8 cm³/mol. The number of hydrogen-bond acceptors (Lipinski definition) is 5. The normalized spacial score (nSPS) is 23.5. The first-order chi connectivity index (χ1) is 9.08. The van der Waals surface area contributed by atoms with Crippen LogP contribution in [0, 0.1) is 0 Å². The molecule has 1 amide bonds. The topological polar surface area (TPSA) is 73.8 Å². The van der Waals surface area contributed by atoms with Crippen molar-refractivity contribution in [3.63, 3.8) is 0 Å². The number of nitrogens with zero attached hydrogens (tertiary/aromatic N) is 1. The Kier molecular flexibility index (Phi) is 3.73. The van der Waals surface area contributed by atoms with Crippen molar-refractivity contribution < 1.29 is 14.6 Å². The second-order valence-corrected chi connectivity index (χ2v) is 7.01. The molecule has 0 aromatic heterocycles. The number of aliphatic hydroxyl groups is 1. The minimum Gasteiger partial charge on any atom is -0.444 e. The lowest BCUT2D eigenvalue weighted by molar-refractivity contribution is 0.0254. The van der Waals surface area contributed by atoms with Crippen LogP contribution in [0.1, 0.15) is 41.0 Å². The minimum atomic E-state index is -0.835. The molecule has 0 aliphatic carbocycles. The number of rotatable bonds is 1. The van der Waals surface area contributed by atoms with Gasteiger partial charge in [-0.05, 0) is 46.6 Å². The van der Waals surface area contributed by atoms with E-state index < -0.39 is 11.2 Å². The van der Waals surface area contributed by atoms with E-state index in [1.54, 1.807) is 18.7 Å². The fourth-order valence-electron chi connectivity index (χ4n) is 2.55. The Balaban J connectivity index is 2.05. The van der Waals surface area contributed by atoms with Crippen molar-refractivity contribution in [2.24, 2.45) is 0 Å². The fraction of sp³-hybridized carbons (Fsp3) is 0.786. The highest BCUT2D eigenvalue weighted by Gasteiger charge is 2.39. The maximum absolute atomic E-state index is 12.1. The number of nitrogens with one attached hydrogen (secondary N) is 2. The maximum atomic E-state index is 12.1. The zero-order valence-electron chi connectivity index (χ0n) is 12.9. The van der Waals surface area contributed by atoms with Crippen LogP contribution in [0.3, 0.4) is 0 Å². The summed E-state index contributed by atoms with van der Waals surface area (Å²) in [5.74, 6) is 0. The van der Waals surface area contributed by atoms with Crippen molar-refractivity contribution in [2.75, 3.05) is 13.1 Å². The van der Waals surface area contributed by atoms with Gasteiger partial charge < -0.3 is 20.2 Å². The first-order valence-electron chi connectivity index (χ1n) is 7.02. The second-order valence-electron chi connectivity index (χ2n) is 7.01. The molecule has 0 bridgehead atoms. The van der Waals surface area contributed by atoms with E-state index in [0.717, 1.165) is 17.7 Å². The summed E-state index contributed by atoms with van der Waals surface area (Å²) in [5.41, 5.74) is 6.98. The van der Waals surface area contributed by atoms with E-state index in [0.29, 0.717) is 13.1 Å². The molecule has 1 unspecified atom stereocenters. The van der Waals surface area contributed by atoms with Crippen LogP contribution in [0.5, 0.6) is 0 Å². The Morgan fingerprint density at radius 2 is 2.00 bits per heavy atom. The highest BCUT2D eigenvalue weighted by Crippen LogP contribution is 2.29. The van der Waals surface area contributed by atoms with E-state index in [1.165, 1.54) is 0 Å². The summed E-state index contributed by atoms with van der Waals surface area (Å²) in [6.45, 7) is 10.2. The van der Waals surface area contributed by atoms with Crippen molar-refractivity contribution in [3.05, 3.63) is 11.3 Å². The van der Waals surface area contributed by atoms with Crippen molar-refractivity contribution in [1.29, 1.82) is 0 Å². The van der Waals surface area contributed by atoms with Crippen molar-refractivity contribution in [1.82, 2.24) is 15.8 Å². The number of amides is 1. The molecule has 6 heteroatoms. The van der Waals surface area contributed by atoms with Gasteiger partial charge in [0.15, 0.2) is 0 Å². The van der Waals surface area contributed by atoms with Gasteiger partial charge in [-0.3, -0.25) is 0 Å². The molecule has 2 aliphatic rings. The minimum absolute atomic E-state index is 0.113. The summed E-state index contributed by atoms with van der Waals surface area (Å²) in [7, 11) is 0. The van der Waals surface area contributed by atoms with Crippen molar-refractivity contribution >= 4 is 6.09 Å². The van der Waals surface area contributed by atoms with Crippen LogP contribution < -0.4 is 10.9 Å². The van der Waals surface area contributed by atoms with Gasteiger partial charge in [-0.25, -0.2) is 10.2 Å². The summed E-state index contributed by atoms with van der Waals surface area (Å²) in [5, 5.41) is 10.1. The second kappa shape index (κ2) is 4.93. The first-order valence-corrected chi connectivity index (χ1v) is 7.02. The van der Waals surface area contributed by atoms with Crippen LogP contribution in [-0.2, 0) is 4.74 Å². The molecule has 2 aliphatic heterocycles. The van der Waals surface area contributed by atoms with Gasteiger partial charge in [0.25, 0.3) is 0 Å². The van der Waals surface area contributed by atoms with Gasteiger partial charge in [-0.15, -0.1) is 0 Å². The molecule has 0 radical (unpaired) electrons. The highest BCUT2D eigenvalue weighted by molar-refractivity contribution is 5.69. The number of hydrogen-bond donors (Lipinski definition) is 3. The van der Waals surface area contributed by atoms with Crippen LogP contribution in [0.25, 0.3) is 0 Å². The molecule has 0 saturated heterocycles. The fourth-order valence-corrected chi connectivity index (χ4v) is 2.55. The van der Waals surface area contributed by atoms with Crippen LogP contribution in [0.2, 0.25) is 0 Å². The van der Waals surface area contributed by atoms with Crippen LogP contribution >= 0.6 is 0 Å². The van der Waals surface area contributed by atoms with E-state index in [-0.39, 0.29) is 12.1 Å². The summed E-state index contributed by atoms with van der Waals surface area (Å²) in [6.07, 6.45) is 0.445. The van der Waals surface area contributed by atoms with Gasteiger partial charge in [-0.2, -0.15) is 0 Å². The SMILES string of the molecule is CC(C)(C)OC(=O)N1CCC2=C(C1)NNC2C(C)(C)O. The summed E-state index contributed by atoms with van der Waals surface area (Å²) >= 11 is 0. The van der Waals surface area contributed by atoms with E-state index in [2.05, 4.69) is 10.9 Å². The third-order valence-corrected chi connectivity index (χ3v) is 3.46. The quantitative estimate of drug-likeness (QED) is 0.673. The van der Waals surface area contributed by atoms with Crippen LogP contribution in [0.4, 0.5) is 4.79 Å². The highest BCUT2D eigenvalue weighted by atomic mass is 16.6. The smallest absolute Gasteiger partial charge is 0.410 e. The molecule has 20 heavy (non-hydrogen) atoms. The summed E-state index contributed by atoms with van der Waals surface area (Å²) in [6, 6.07) is -0.113. The molecule has 0 saturated carbocycles. The van der Waals surface area contributed by atoms with Crippen LogP contribution in [0.15, 0.2) is 11.3 Å². The average molecular weight is 283 g/mol. The first kappa shape index (κ1) is 15.1. The standard InChI is InChI=1S/C14H25N3O3/c1-13(2,3)20-12(18)17-7-6-9-10(8-17)15-16-11(9)14(4,5)19/h11,15-16,19H,6-8H2,1-5H3. The molecule has 0 aromatic carbocycles. The Morgan fingerprint density at radius 3 is 2.55 bits per heavy atom. The van der Waals surface area contributed by atoms with Gasteiger partial charge in [0.05, 0.1) is 18.2 Å². The van der Waals surface area contributed by atoms with Crippen LogP contribution in [-0.4, -0.2) is 46.4 Å². The van der Waals surface area contributed by atoms with Gasteiger partial charge in [0.2, 0.25) is 0 Å². The molecule has 6 nitrogen and oxygen atoms in total. The van der Waals surface area contributed by atoms with Gasteiger partial charge >= 0.3 is 6.09 Å². The lowest BCUT2D eigenvalue weighted by Gasteiger charge is -2.32. The number of carbonyl (C=O) groups excluding carboxylic acids is 1. The monoisotopic (exact) mass is 283 g/mol. The lowest BCUT2D eigenvalue weighted by atomic mass is 9.89. The Morgan fingerprint density at radius 1 is 1.35 bits per heavy atom. The van der Waals surface area contributed by atoms with E-state index in [1.807, 2.05) is 20.8 Å². The lowest BCUT2D eigenvalue weighted by Crippen LogP contribution is -2.47. The zero-order chi connectivity index (χ0) is 15.1. The van der Waals surface area contributed by atoms with E-state index in [9.17, 15) is 9.90 Å².